The summed E-state index contributed by atoms with van der Waals surface area (Å²) in [6, 6.07) is 8.30. The number of rotatable bonds is 5. The first-order valence-corrected chi connectivity index (χ1v) is 8.32. The number of hydrogen-bond acceptors (Lipinski definition) is 3. The second kappa shape index (κ2) is 6.19. The molecule has 0 saturated heterocycles. The van der Waals surface area contributed by atoms with E-state index in [2.05, 4.69) is 4.72 Å². The zero-order chi connectivity index (χ0) is 15.6. The van der Waals surface area contributed by atoms with E-state index >= 15 is 0 Å². The minimum Gasteiger partial charge on any atom is -0.352 e. The number of halogens is 1. The summed E-state index contributed by atoms with van der Waals surface area (Å²) in [7, 11) is -1.84. The Morgan fingerprint density at radius 2 is 2.10 bits per heavy atom. The molecule has 1 unspecified atom stereocenters. The molecule has 1 atom stereocenters. The molecule has 0 aliphatic heterocycles. The number of nitrogens with zero attached hydrogens (tertiary/aromatic N) is 1. The minimum atomic E-state index is -3.60. The molecular formula is C14H18ClN3O2S. The van der Waals surface area contributed by atoms with Crippen LogP contribution in [0.3, 0.4) is 0 Å². The Morgan fingerprint density at radius 1 is 1.38 bits per heavy atom. The van der Waals surface area contributed by atoms with Crippen molar-refractivity contribution < 1.29 is 8.42 Å². The maximum atomic E-state index is 12.4. The van der Waals surface area contributed by atoms with Crippen LogP contribution in [0, 0.1) is 0 Å². The predicted octanol–water partition coefficient (Wildman–Crippen LogP) is 2.18. The van der Waals surface area contributed by atoms with Gasteiger partial charge in [-0.25, -0.2) is 13.1 Å². The fraction of sp³-hybridized carbons (Fsp3) is 0.286. The zero-order valence-electron chi connectivity index (χ0n) is 11.9. The van der Waals surface area contributed by atoms with E-state index in [4.69, 9.17) is 17.3 Å². The number of sulfonamides is 1. The number of nitrogens with one attached hydrogen (secondary N) is 1. The summed E-state index contributed by atoms with van der Waals surface area (Å²) in [5.41, 5.74) is 7.13. The Hall–Kier alpha value is -1.34. The van der Waals surface area contributed by atoms with E-state index in [0.717, 1.165) is 11.3 Å². The highest BCUT2D eigenvalue weighted by atomic mass is 35.5. The predicted molar refractivity (Wildman–Crippen MR) is 83.5 cm³/mol. The van der Waals surface area contributed by atoms with Crippen molar-refractivity contribution >= 4 is 21.6 Å². The average molecular weight is 328 g/mol. The molecule has 0 saturated carbocycles. The monoisotopic (exact) mass is 327 g/mol. The van der Waals surface area contributed by atoms with Gasteiger partial charge in [-0.15, -0.1) is 0 Å². The van der Waals surface area contributed by atoms with E-state index in [-0.39, 0.29) is 17.5 Å². The van der Waals surface area contributed by atoms with Gasteiger partial charge in [0.1, 0.15) is 0 Å². The van der Waals surface area contributed by atoms with Crippen molar-refractivity contribution in [3.8, 4) is 0 Å². The van der Waals surface area contributed by atoms with Crippen LogP contribution in [0.1, 0.15) is 24.2 Å². The quantitative estimate of drug-likeness (QED) is 0.883. The second-order valence-electron chi connectivity index (χ2n) is 4.88. The maximum absolute atomic E-state index is 12.4. The Balaban J connectivity index is 2.24. The van der Waals surface area contributed by atoms with Gasteiger partial charge in [0.25, 0.3) is 0 Å². The Bertz CT molecular complexity index is 740. The summed E-state index contributed by atoms with van der Waals surface area (Å²) in [6.45, 7) is 2.06. The van der Waals surface area contributed by atoms with Crippen molar-refractivity contribution in [3.63, 3.8) is 0 Å². The summed E-state index contributed by atoms with van der Waals surface area (Å²) in [6.07, 6.45) is 1.55. The second-order valence-corrected chi connectivity index (χ2v) is 7.03. The van der Waals surface area contributed by atoms with Crippen LogP contribution in [0.2, 0.25) is 5.02 Å². The number of aromatic nitrogens is 1. The molecule has 0 bridgehead atoms. The molecule has 1 aromatic heterocycles. The molecule has 0 amide bonds. The van der Waals surface area contributed by atoms with E-state index in [1.165, 1.54) is 0 Å². The Morgan fingerprint density at radius 3 is 2.67 bits per heavy atom. The molecule has 3 N–H and O–H groups in total. The summed E-state index contributed by atoms with van der Waals surface area (Å²) in [5.74, 6) is 0. The first kappa shape index (κ1) is 16.0. The molecule has 1 aromatic carbocycles. The zero-order valence-corrected chi connectivity index (χ0v) is 13.4. The Labute approximate surface area is 129 Å². The normalized spacial score (nSPS) is 13.3. The van der Waals surface area contributed by atoms with Gasteiger partial charge in [-0.2, -0.15) is 0 Å². The third kappa shape index (κ3) is 3.65. The van der Waals surface area contributed by atoms with Gasteiger partial charge in [0.15, 0.2) is 0 Å². The number of nitrogens with two attached hydrogens (primary N) is 1. The minimum absolute atomic E-state index is 0.208. The number of aryl methyl sites for hydroxylation is 1. The Kier molecular flexibility index (Phi) is 4.73. The molecule has 0 spiro atoms. The van der Waals surface area contributed by atoms with Gasteiger partial charge in [0.2, 0.25) is 10.0 Å². The van der Waals surface area contributed by atoms with Gasteiger partial charge in [0.05, 0.1) is 4.90 Å². The molecular weight excluding hydrogens is 310 g/mol. The highest BCUT2D eigenvalue weighted by Gasteiger charge is 2.20. The first-order chi connectivity index (χ1) is 9.83. The fourth-order valence-corrected chi connectivity index (χ4v) is 3.60. The smallest absolute Gasteiger partial charge is 0.242 e. The van der Waals surface area contributed by atoms with E-state index < -0.39 is 10.0 Å². The third-order valence-electron chi connectivity index (χ3n) is 3.28. The van der Waals surface area contributed by atoms with Crippen LogP contribution in [0.25, 0.3) is 0 Å². The molecule has 1 heterocycles. The molecule has 0 aliphatic carbocycles. The van der Waals surface area contributed by atoms with Gasteiger partial charge in [-0.05, 0) is 30.7 Å². The lowest BCUT2D eigenvalue weighted by Gasteiger charge is -2.14. The van der Waals surface area contributed by atoms with Gasteiger partial charge in [-0.3, -0.25) is 0 Å². The summed E-state index contributed by atoms with van der Waals surface area (Å²) >= 11 is 5.93. The SMILES string of the molecule is CC(NS(=O)(=O)c1cc(CN)n(C)c1)c1cccc(Cl)c1. The van der Waals surface area contributed by atoms with Crippen LogP contribution < -0.4 is 10.5 Å². The summed E-state index contributed by atoms with van der Waals surface area (Å²) < 4.78 is 29.1. The van der Waals surface area contributed by atoms with Gasteiger partial charge in [-0.1, -0.05) is 23.7 Å². The van der Waals surface area contributed by atoms with Crippen LogP contribution in [0.5, 0.6) is 0 Å². The average Bonchev–Trinajstić information content (AvgIpc) is 2.80. The van der Waals surface area contributed by atoms with E-state index in [9.17, 15) is 8.42 Å². The lowest BCUT2D eigenvalue weighted by atomic mass is 10.1. The molecule has 0 fully saturated rings. The van der Waals surface area contributed by atoms with Crippen LogP contribution in [-0.2, 0) is 23.6 Å². The topological polar surface area (TPSA) is 77.1 Å². The molecule has 2 aromatic rings. The third-order valence-corrected chi connectivity index (χ3v) is 5.03. The molecule has 7 heteroatoms. The van der Waals surface area contributed by atoms with Crippen molar-refractivity contribution in [1.82, 2.24) is 9.29 Å². The van der Waals surface area contributed by atoms with E-state index in [1.807, 2.05) is 6.07 Å². The molecule has 2 rings (SSSR count). The first-order valence-electron chi connectivity index (χ1n) is 6.46. The van der Waals surface area contributed by atoms with Crippen LogP contribution in [0.4, 0.5) is 0 Å². The van der Waals surface area contributed by atoms with Crippen LogP contribution in [0.15, 0.2) is 41.4 Å². The van der Waals surface area contributed by atoms with E-state index in [1.54, 1.807) is 49.0 Å². The summed E-state index contributed by atoms with van der Waals surface area (Å²) in [5, 5.41) is 0.573. The number of benzene rings is 1. The fourth-order valence-electron chi connectivity index (χ4n) is 2.07. The molecule has 21 heavy (non-hydrogen) atoms. The van der Waals surface area contributed by atoms with Crippen molar-refractivity contribution in [2.75, 3.05) is 0 Å². The van der Waals surface area contributed by atoms with Crippen LogP contribution in [-0.4, -0.2) is 13.0 Å². The van der Waals surface area contributed by atoms with Gasteiger partial charge in [0, 0.05) is 36.5 Å². The van der Waals surface area contributed by atoms with Gasteiger partial charge >= 0.3 is 0 Å². The van der Waals surface area contributed by atoms with Gasteiger partial charge < -0.3 is 10.3 Å². The lowest BCUT2D eigenvalue weighted by molar-refractivity contribution is 0.567. The van der Waals surface area contributed by atoms with Crippen molar-refractivity contribution in [2.45, 2.75) is 24.4 Å². The van der Waals surface area contributed by atoms with Crippen LogP contribution >= 0.6 is 11.6 Å². The van der Waals surface area contributed by atoms with Crippen molar-refractivity contribution in [2.24, 2.45) is 12.8 Å². The highest BCUT2D eigenvalue weighted by Crippen LogP contribution is 2.20. The largest absolute Gasteiger partial charge is 0.352 e. The standard InChI is InChI=1S/C14H18ClN3O2S/c1-10(11-4-3-5-12(15)6-11)17-21(19,20)14-7-13(8-16)18(2)9-14/h3-7,9-10,17H,8,16H2,1-2H3. The summed E-state index contributed by atoms with van der Waals surface area (Å²) in [4.78, 5) is 0.208. The van der Waals surface area contributed by atoms with Crippen molar-refractivity contribution in [1.29, 1.82) is 0 Å². The lowest BCUT2D eigenvalue weighted by Crippen LogP contribution is -2.26. The molecule has 0 radical (unpaired) electrons. The molecule has 114 valence electrons. The molecule has 0 aliphatic rings. The van der Waals surface area contributed by atoms with E-state index in [0.29, 0.717) is 5.02 Å². The maximum Gasteiger partial charge on any atom is 0.242 e. The highest BCUT2D eigenvalue weighted by molar-refractivity contribution is 7.89. The molecule has 5 nitrogen and oxygen atoms in total. The number of hydrogen-bond donors (Lipinski definition) is 2. The van der Waals surface area contributed by atoms with Crippen molar-refractivity contribution in [3.05, 3.63) is 52.8 Å².